The molecule has 22 heavy (non-hydrogen) atoms. The maximum atomic E-state index is 11.4. The van der Waals surface area contributed by atoms with E-state index in [1.54, 1.807) is 6.07 Å². The molecule has 0 aliphatic rings. The fraction of sp³-hybridized carbons (Fsp3) is 0.500. The maximum absolute atomic E-state index is 11.4. The Morgan fingerprint density at radius 2 is 1.55 bits per heavy atom. The first-order valence-corrected chi connectivity index (χ1v) is 7.25. The van der Waals surface area contributed by atoms with Gasteiger partial charge in [0, 0.05) is 24.3 Å². The molecule has 0 unspecified atom stereocenters. The summed E-state index contributed by atoms with van der Waals surface area (Å²) in [6.07, 6.45) is 0.780. The standard InChI is InChI=1S/C16H22O6/c1-3-21-9-7-11-5-6-13(15(17)18)14(16(19)20)12(11)8-10-22-4-2/h5-6H,3-4,7-10H2,1-2H3,(H,17,18)(H,19,20)/p-2. The maximum Gasteiger partial charge on any atom is 0.0724 e. The molecule has 6 heteroatoms. The van der Waals surface area contributed by atoms with Crippen molar-refractivity contribution in [2.75, 3.05) is 26.4 Å². The summed E-state index contributed by atoms with van der Waals surface area (Å²) in [5.41, 5.74) is 0.438. The van der Waals surface area contributed by atoms with E-state index in [1.807, 2.05) is 13.8 Å². The van der Waals surface area contributed by atoms with E-state index in [0.717, 1.165) is 5.56 Å². The number of carboxylic acid groups (broad SMARTS) is 2. The van der Waals surface area contributed by atoms with Gasteiger partial charge in [-0.1, -0.05) is 12.1 Å². The first-order chi connectivity index (χ1) is 10.5. The highest BCUT2D eigenvalue weighted by Crippen LogP contribution is 2.21. The van der Waals surface area contributed by atoms with Crippen LogP contribution in [0.4, 0.5) is 0 Å². The molecular formula is C16H20O6-2. The molecule has 0 amide bonds. The summed E-state index contributed by atoms with van der Waals surface area (Å²) < 4.78 is 10.5. The van der Waals surface area contributed by atoms with Gasteiger partial charge >= 0.3 is 0 Å². The van der Waals surface area contributed by atoms with Gasteiger partial charge < -0.3 is 29.3 Å². The van der Waals surface area contributed by atoms with Gasteiger partial charge in [-0.15, -0.1) is 0 Å². The number of aromatic carboxylic acids is 2. The predicted molar refractivity (Wildman–Crippen MR) is 75.5 cm³/mol. The van der Waals surface area contributed by atoms with Crippen LogP contribution in [-0.4, -0.2) is 38.4 Å². The first kappa shape index (κ1) is 18.1. The lowest BCUT2D eigenvalue weighted by Gasteiger charge is -2.20. The van der Waals surface area contributed by atoms with Crippen molar-refractivity contribution in [3.05, 3.63) is 34.4 Å². The number of hydrogen-bond acceptors (Lipinski definition) is 6. The monoisotopic (exact) mass is 308 g/mol. The van der Waals surface area contributed by atoms with Crippen molar-refractivity contribution in [1.29, 1.82) is 0 Å². The number of rotatable bonds is 10. The highest BCUT2D eigenvalue weighted by atomic mass is 16.5. The Bertz CT molecular complexity index is 524. The van der Waals surface area contributed by atoms with Gasteiger partial charge in [-0.3, -0.25) is 0 Å². The van der Waals surface area contributed by atoms with Crippen LogP contribution >= 0.6 is 0 Å². The highest BCUT2D eigenvalue weighted by molar-refractivity contribution is 6.01. The zero-order valence-electron chi connectivity index (χ0n) is 12.8. The minimum Gasteiger partial charge on any atom is -0.545 e. The molecule has 0 aliphatic carbocycles. The zero-order chi connectivity index (χ0) is 16.5. The third kappa shape index (κ3) is 4.82. The number of hydrogen-bond donors (Lipinski definition) is 0. The van der Waals surface area contributed by atoms with Gasteiger partial charge in [0.05, 0.1) is 25.2 Å². The van der Waals surface area contributed by atoms with E-state index in [-0.39, 0.29) is 11.1 Å². The van der Waals surface area contributed by atoms with E-state index in [2.05, 4.69) is 0 Å². The molecule has 0 bridgehead atoms. The van der Waals surface area contributed by atoms with E-state index >= 15 is 0 Å². The normalized spacial score (nSPS) is 10.6. The van der Waals surface area contributed by atoms with Crippen LogP contribution in [0.5, 0.6) is 0 Å². The quantitative estimate of drug-likeness (QED) is 0.544. The lowest BCUT2D eigenvalue weighted by Crippen LogP contribution is -2.32. The van der Waals surface area contributed by atoms with Crippen LogP contribution in [0.15, 0.2) is 12.1 Å². The van der Waals surface area contributed by atoms with Gasteiger partial charge in [0.25, 0.3) is 0 Å². The van der Waals surface area contributed by atoms with E-state index in [1.165, 1.54) is 6.07 Å². The predicted octanol–water partition coefficient (Wildman–Crippen LogP) is -0.428. The van der Waals surface area contributed by atoms with E-state index < -0.39 is 11.9 Å². The molecule has 0 saturated heterocycles. The summed E-state index contributed by atoms with van der Waals surface area (Å²) >= 11 is 0. The molecule has 0 fully saturated rings. The van der Waals surface area contributed by atoms with E-state index in [0.29, 0.717) is 44.8 Å². The molecule has 0 aliphatic heterocycles. The average Bonchev–Trinajstić information content (AvgIpc) is 2.47. The summed E-state index contributed by atoms with van der Waals surface area (Å²) in [4.78, 5) is 22.5. The minimum atomic E-state index is -1.53. The average molecular weight is 308 g/mol. The molecule has 0 saturated carbocycles. The Morgan fingerprint density at radius 3 is 2.05 bits per heavy atom. The SMILES string of the molecule is CCOCCc1ccc(C(=O)[O-])c(C(=O)[O-])c1CCOCC. The minimum absolute atomic E-state index is 0.291. The number of carboxylic acids is 2. The van der Waals surface area contributed by atoms with Crippen molar-refractivity contribution in [3.63, 3.8) is 0 Å². The fourth-order valence-corrected chi connectivity index (χ4v) is 2.26. The molecular weight excluding hydrogens is 288 g/mol. The second kappa shape index (κ2) is 9.17. The largest absolute Gasteiger partial charge is 0.545 e. The summed E-state index contributed by atoms with van der Waals surface area (Å²) in [7, 11) is 0. The summed E-state index contributed by atoms with van der Waals surface area (Å²) in [5, 5.41) is 22.5. The summed E-state index contributed by atoms with van der Waals surface area (Å²) in [6.45, 7) is 5.47. The fourth-order valence-electron chi connectivity index (χ4n) is 2.26. The topological polar surface area (TPSA) is 98.7 Å². The lowest BCUT2D eigenvalue weighted by atomic mass is 9.92. The molecule has 0 N–H and O–H groups in total. The van der Waals surface area contributed by atoms with Crippen molar-refractivity contribution in [1.82, 2.24) is 0 Å². The second-order valence-electron chi connectivity index (χ2n) is 4.59. The van der Waals surface area contributed by atoms with Gasteiger partial charge in [0.2, 0.25) is 0 Å². The Hall–Kier alpha value is -1.92. The van der Waals surface area contributed by atoms with Crippen molar-refractivity contribution in [2.45, 2.75) is 26.7 Å². The third-order valence-electron chi connectivity index (χ3n) is 3.25. The first-order valence-electron chi connectivity index (χ1n) is 7.25. The molecule has 1 aromatic rings. The van der Waals surface area contributed by atoms with Gasteiger partial charge in [0.15, 0.2) is 0 Å². The molecule has 122 valence electrons. The second-order valence-corrected chi connectivity index (χ2v) is 4.59. The van der Waals surface area contributed by atoms with Crippen molar-refractivity contribution in [2.24, 2.45) is 0 Å². The van der Waals surface area contributed by atoms with E-state index in [9.17, 15) is 19.8 Å². The number of carbonyl (C=O) groups excluding carboxylic acids is 2. The van der Waals surface area contributed by atoms with Crippen molar-refractivity contribution in [3.8, 4) is 0 Å². The molecule has 6 nitrogen and oxygen atoms in total. The van der Waals surface area contributed by atoms with Crippen molar-refractivity contribution < 1.29 is 29.3 Å². The lowest BCUT2D eigenvalue weighted by molar-refractivity contribution is -0.259. The van der Waals surface area contributed by atoms with Crippen LogP contribution in [0, 0.1) is 0 Å². The van der Waals surface area contributed by atoms with Gasteiger partial charge in [0.1, 0.15) is 0 Å². The van der Waals surface area contributed by atoms with E-state index in [4.69, 9.17) is 9.47 Å². The van der Waals surface area contributed by atoms with Crippen LogP contribution in [0.25, 0.3) is 0 Å². The number of benzene rings is 1. The number of carbonyl (C=O) groups is 2. The molecule has 1 aromatic carbocycles. The molecule has 0 aromatic heterocycles. The molecule has 0 spiro atoms. The Kier molecular flexibility index (Phi) is 7.56. The summed E-state index contributed by atoms with van der Waals surface area (Å²) in [5.74, 6) is -3.06. The Morgan fingerprint density at radius 1 is 0.955 bits per heavy atom. The van der Waals surface area contributed by atoms with Crippen molar-refractivity contribution >= 4 is 11.9 Å². The Balaban J connectivity index is 3.21. The van der Waals surface area contributed by atoms with Crippen LogP contribution in [0.2, 0.25) is 0 Å². The van der Waals surface area contributed by atoms with Gasteiger partial charge in [-0.2, -0.15) is 0 Å². The van der Waals surface area contributed by atoms with Crippen LogP contribution < -0.4 is 10.2 Å². The van der Waals surface area contributed by atoms with Crippen LogP contribution in [-0.2, 0) is 22.3 Å². The molecule has 1 rings (SSSR count). The highest BCUT2D eigenvalue weighted by Gasteiger charge is 2.15. The smallest absolute Gasteiger partial charge is 0.0724 e. The number of ether oxygens (including phenoxy) is 2. The summed E-state index contributed by atoms with van der Waals surface area (Å²) in [6, 6.07) is 2.84. The molecule has 0 radical (unpaired) electrons. The Labute approximate surface area is 129 Å². The van der Waals surface area contributed by atoms with Gasteiger partial charge in [-0.25, -0.2) is 0 Å². The van der Waals surface area contributed by atoms with Gasteiger partial charge in [-0.05, 0) is 37.8 Å². The van der Waals surface area contributed by atoms with Crippen LogP contribution in [0.1, 0.15) is 45.7 Å². The molecule has 0 heterocycles. The third-order valence-corrected chi connectivity index (χ3v) is 3.25. The zero-order valence-corrected chi connectivity index (χ0v) is 12.8. The molecule has 0 atom stereocenters. The van der Waals surface area contributed by atoms with Crippen LogP contribution in [0.3, 0.4) is 0 Å².